The summed E-state index contributed by atoms with van der Waals surface area (Å²) in [7, 11) is 1.58. The predicted molar refractivity (Wildman–Crippen MR) is 97.8 cm³/mol. The SMILES string of the molecule is CN(CC(=O)NC(C)(C)C)C(=O)c1ccc(Oc2ccc(F)cc2)cc1. The fourth-order valence-electron chi connectivity index (χ4n) is 2.27. The van der Waals surface area contributed by atoms with E-state index in [4.69, 9.17) is 4.74 Å². The zero-order chi connectivity index (χ0) is 19.3. The normalized spacial score (nSPS) is 11.0. The first-order chi connectivity index (χ1) is 12.1. The summed E-state index contributed by atoms with van der Waals surface area (Å²) in [6.07, 6.45) is 0. The zero-order valence-corrected chi connectivity index (χ0v) is 15.4. The first-order valence-corrected chi connectivity index (χ1v) is 8.24. The van der Waals surface area contributed by atoms with Crippen molar-refractivity contribution in [1.29, 1.82) is 0 Å². The fourth-order valence-corrected chi connectivity index (χ4v) is 2.27. The summed E-state index contributed by atoms with van der Waals surface area (Å²) in [4.78, 5) is 25.7. The van der Waals surface area contributed by atoms with Crippen molar-refractivity contribution in [1.82, 2.24) is 10.2 Å². The number of rotatable bonds is 5. The summed E-state index contributed by atoms with van der Waals surface area (Å²) in [6.45, 7) is 5.62. The quantitative estimate of drug-likeness (QED) is 0.888. The molecule has 138 valence electrons. The Morgan fingerprint density at radius 3 is 2.00 bits per heavy atom. The minimum atomic E-state index is -0.347. The number of hydrogen-bond donors (Lipinski definition) is 1. The van der Waals surface area contributed by atoms with E-state index in [-0.39, 0.29) is 29.7 Å². The van der Waals surface area contributed by atoms with Gasteiger partial charge < -0.3 is 15.0 Å². The van der Waals surface area contributed by atoms with E-state index in [9.17, 15) is 14.0 Å². The summed E-state index contributed by atoms with van der Waals surface area (Å²) in [5, 5.41) is 2.82. The fraction of sp³-hybridized carbons (Fsp3) is 0.300. The van der Waals surface area contributed by atoms with Crippen molar-refractivity contribution in [2.75, 3.05) is 13.6 Å². The van der Waals surface area contributed by atoms with Crippen LogP contribution in [-0.4, -0.2) is 35.8 Å². The number of amides is 2. The van der Waals surface area contributed by atoms with Crippen LogP contribution in [0.15, 0.2) is 48.5 Å². The Balaban J connectivity index is 1.97. The molecule has 26 heavy (non-hydrogen) atoms. The number of benzene rings is 2. The lowest BCUT2D eigenvalue weighted by Gasteiger charge is -2.23. The molecule has 2 aromatic rings. The molecule has 0 fully saturated rings. The Kier molecular flexibility index (Phi) is 5.97. The molecule has 0 aliphatic carbocycles. The van der Waals surface area contributed by atoms with Gasteiger partial charge in [-0.15, -0.1) is 0 Å². The third-order valence-electron chi connectivity index (χ3n) is 3.39. The number of carbonyl (C=O) groups is 2. The average Bonchev–Trinajstić information content (AvgIpc) is 2.55. The van der Waals surface area contributed by atoms with Crippen molar-refractivity contribution in [2.24, 2.45) is 0 Å². The van der Waals surface area contributed by atoms with Gasteiger partial charge in [0.15, 0.2) is 0 Å². The minimum absolute atomic E-state index is 0.0239. The highest BCUT2D eigenvalue weighted by Crippen LogP contribution is 2.22. The van der Waals surface area contributed by atoms with Gasteiger partial charge in [0.1, 0.15) is 17.3 Å². The highest BCUT2D eigenvalue weighted by Gasteiger charge is 2.18. The van der Waals surface area contributed by atoms with E-state index in [1.54, 1.807) is 31.3 Å². The van der Waals surface area contributed by atoms with Gasteiger partial charge in [-0.1, -0.05) is 0 Å². The van der Waals surface area contributed by atoms with Crippen molar-refractivity contribution >= 4 is 11.8 Å². The van der Waals surface area contributed by atoms with Crippen LogP contribution in [0.2, 0.25) is 0 Å². The maximum Gasteiger partial charge on any atom is 0.254 e. The molecule has 0 saturated heterocycles. The molecule has 0 radical (unpaired) electrons. The predicted octanol–water partition coefficient (Wildman–Crippen LogP) is 3.60. The molecule has 6 heteroatoms. The van der Waals surface area contributed by atoms with Crippen molar-refractivity contribution in [3.63, 3.8) is 0 Å². The van der Waals surface area contributed by atoms with E-state index in [2.05, 4.69) is 5.32 Å². The van der Waals surface area contributed by atoms with E-state index in [1.807, 2.05) is 20.8 Å². The molecule has 0 aromatic heterocycles. The molecular formula is C20H23FN2O3. The van der Waals surface area contributed by atoms with E-state index >= 15 is 0 Å². The molecule has 0 heterocycles. The van der Waals surface area contributed by atoms with Gasteiger partial charge in [-0.3, -0.25) is 9.59 Å². The summed E-state index contributed by atoms with van der Waals surface area (Å²) < 4.78 is 18.5. The van der Waals surface area contributed by atoms with E-state index in [1.165, 1.54) is 29.2 Å². The molecule has 0 saturated carbocycles. The molecule has 2 aromatic carbocycles. The van der Waals surface area contributed by atoms with Gasteiger partial charge in [0.25, 0.3) is 5.91 Å². The molecular weight excluding hydrogens is 335 g/mol. The van der Waals surface area contributed by atoms with Gasteiger partial charge in [0.05, 0.1) is 6.54 Å². The van der Waals surface area contributed by atoms with Gasteiger partial charge in [-0.25, -0.2) is 4.39 Å². The third-order valence-corrected chi connectivity index (χ3v) is 3.39. The number of likely N-dealkylation sites (N-methyl/N-ethyl adjacent to an activating group) is 1. The van der Waals surface area contributed by atoms with Crippen molar-refractivity contribution in [2.45, 2.75) is 26.3 Å². The summed E-state index contributed by atoms with van der Waals surface area (Å²) in [6, 6.07) is 12.2. The van der Waals surface area contributed by atoms with Gasteiger partial charge in [0.2, 0.25) is 5.91 Å². The van der Waals surface area contributed by atoms with Crippen LogP contribution in [0.25, 0.3) is 0 Å². The van der Waals surface area contributed by atoms with Gasteiger partial charge in [0, 0.05) is 18.2 Å². The monoisotopic (exact) mass is 358 g/mol. The Morgan fingerprint density at radius 2 is 1.50 bits per heavy atom. The van der Waals surface area contributed by atoms with Crippen LogP contribution in [0.4, 0.5) is 4.39 Å². The molecule has 0 bridgehead atoms. The molecule has 1 N–H and O–H groups in total. The van der Waals surface area contributed by atoms with Crippen LogP contribution in [0.5, 0.6) is 11.5 Å². The summed E-state index contributed by atoms with van der Waals surface area (Å²) in [5.41, 5.74) is 0.0999. The van der Waals surface area contributed by atoms with Gasteiger partial charge in [-0.2, -0.15) is 0 Å². The Bertz CT molecular complexity index is 765. The topological polar surface area (TPSA) is 58.6 Å². The molecule has 0 aliphatic heterocycles. The third kappa shape index (κ3) is 5.88. The highest BCUT2D eigenvalue weighted by atomic mass is 19.1. The number of nitrogens with one attached hydrogen (secondary N) is 1. The standard InChI is InChI=1S/C20H23FN2O3/c1-20(2,3)22-18(24)13-23(4)19(25)14-5-9-16(10-6-14)26-17-11-7-15(21)8-12-17/h5-12H,13H2,1-4H3,(H,22,24). The van der Waals surface area contributed by atoms with Crippen LogP contribution in [0.3, 0.4) is 0 Å². The number of carbonyl (C=O) groups excluding carboxylic acids is 2. The van der Waals surface area contributed by atoms with Crippen LogP contribution in [-0.2, 0) is 4.79 Å². The number of ether oxygens (including phenoxy) is 1. The first kappa shape index (κ1) is 19.4. The second-order valence-corrected chi connectivity index (χ2v) is 7.04. The second kappa shape index (κ2) is 7.99. The van der Waals surface area contributed by atoms with Crippen LogP contribution in [0, 0.1) is 5.82 Å². The maximum absolute atomic E-state index is 12.9. The first-order valence-electron chi connectivity index (χ1n) is 8.24. The number of hydrogen-bond acceptors (Lipinski definition) is 3. The Morgan fingerprint density at radius 1 is 1.00 bits per heavy atom. The lowest BCUT2D eigenvalue weighted by atomic mass is 10.1. The van der Waals surface area contributed by atoms with Crippen LogP contribution in [0.1, 0.15) is 31.1 Å². The summed E-state index contributed by atoms with van der Waals surface area (Å²) in [5.74, 6) is 0.214. The maximum atomic E-state index is 12.9. The average molecular weight is 358 g/mol. The van der Waals surface area contributed by atoms with Crippen LogP contribution >= 0.6 is 0 Å². The highest BCUT2D eigenvalue weighted by molar-refractivity contribution is 5.96. The second-order valence-electron chi connectivity index (χ2n) is 7.04. The lowest BCUT2D eigenvalue weighted by molar-refractivity contribution is -0.122. The molecule has 0 atom stereocenters. The summed E-state index contributed by atoms with van der Waals surface area (Å²) >= 11 is 0. The molecule has 0 aliphatic rings. The molecule has 0 spiro atoms. The Labute approximate surface area is 152 Å². The zero-order valence-electron chi connectivity index (χ0n) is 15.4. The van der Waals surface area contributed by atoms with E-state index in [0.717, 1.165) is 0 Å². The van der Waals surface area contributed by atoms with E-state index < -0.39 is 0 Å². The largest absolute Gasteiger partial charge is 0.457 e. The Hall–Kier alpha value is -2.89. The van der Waals surface area contributed by atoms with Crippen molar-refractivity contribution in [3.8, 4) is 11.5 Å². The van der Waals surface area contributed by atoms with Crippen molar-refractivity contribution < 1.29 is 18.7 Å². The van der Waals surface area contributed by atoms with Crippen LogP contribution < -0.4 is 10.1 Å². The molecule has 2 amide bonds. The molecule has 0 unspecified atom stereocenters. The van der Waals surface area contributed by atoms with Gasteiger partial charge in [-0.05, 0) is 69.3 Å². The number of halogens is 1. The van der Waals surface area contributed by atoms with Crippen molar-refractivity contribution in [3.05, 3.63) is 59.9 Å². The lowest BCUT2D eigenvalue weighted by Crippen LogP contribution is -2.46. The molecule has 2 rings (SSSR count). The van der Waals surface area contributed by atoms with Gasteiger partial charge >= 0.3 is 0 Å². The molecule has 5 nitrogen and oxygen atoms in total. The minimum Gasteiger partial charge on any atom is -0.457 e. The smallest absolute Gasteiger partial charge is 0.254 e. The number of nitrogens with zero attached hydrogens (tertiary/aromatic N) is 1. The van der Waals surface area contributed by atoms with E-state index in [0.29, 0.717) is 17.1 Å².